The maximum Gasteiger partial charge on any atom is 0.433 e. The van der Waals surface area contributed by atoms with E-state index in [1.807, 2.05) is 0 Å². The zero-order valence-electron chi connectivity index (χ0n) is 20.0. The Hall–Kier alpha value is -4.06. The Bertz CT molecular complexity index is 1480. The van der Waals surface area contributed by atoms with Crippen molar-refractivity contribution < 1.29 is 27.1 Å². The fourth-order valence-electron chi connectivity index (χ4n) is 4.49. The quantitative estimate of drug-likeness (QED) is 0.399. The molecular weight excluding hydrogens is 489 g/mol. The van der Waals surface area contributed by atoms with Gasteiger partial charge in [-0.05, 0) is 50.5 Å². The highest BCUT2D eigenvalue weighted by molar-refractivity contribution is 5.98. The van der Waals surface area contributed by atoms with Gasteiger partial charge in [-0.2, -0.15) is 13.2 Å². The lowest BCUT2D eigenvalue weighted by Crippen LogP contribution is -2.32. The summed E-state index contributed by atoms with van der Waals surface area (Å²) < 4.78 is 51.0. The first-order valence-corrected chi connectivity index (χ1v) is 11.6. The molecular formula is C25H23F3N6O3. The zero-order valence-corrected chi connectivity index (χ0v) is 20.0. The highest BCUT2D eigenvalue weighted by atomic mass is 19.4. The maximum absolute atomic E-state index is 13.3. The highest BCUT2D eigenvalue weighted by Gasteiger charge is 2.33. The van der Waals surface area contributed by atoms with E-state index in [-0.39, 0.29) is 34.7 Å². The molecule has 37 heavy (non-hydrogen) atoms. The molecule has 1 amide bonds. The lowest BCUT2D eigenvalue weighted by atomic mass is 9.92. The van der Waals surface area contributed by atoms with Gasteiger partial charge < -0.3 is 20.2 Å². The number of hydrogen-bond acceptors (Lipinski definition) is 8. The standard InChI is InChI=1S/C25H23F3N6O3/c1-12(29)22-21(23(35)32-17-5-3-4-16-15(17)10-30-11-31-16)34-24(37-22)14-6-8-18(36-2)20-13(14)7-9-19(33-20)25(26,27)28/h6-12,17H,3-5,29H2,1-2H3,(H,32,35)/t12-,17?/m0/s1. The topological polar surface area (TPSA) is 129 Å². The third-order valence-electron chi connectivity index (χ3n) is 6.26. The number of pyridine rings is 1. The molecule has 0 fully saturated rings. The van der Waals surface area contributed by atoms with Crippen LogP contribution in [0.3, 0.4) is 0 Å². The van der Waals surface area contributed by atoms with Crippen molar-refractivity contribution in [2.75, 3.05) is 7.11 Å². The third kappa shape index (κ3) is 4.59. The van der Waals surface area contributed by atoms with Crippen molar-refractivity contribution in [1.29, 1.82) is 0 Å². The van der Waals surface area contributed by atoms with Crippen LogP contribution in [0.15, 0.2) is 41.2 Å². The number of nitrogens with two attached hydrogens (primary N) is 1. The number of halogens is 3. The van der Waals surface area contributed by atoms with E-state index < -0.39 is 23.8 Å². The number of aryl methyl sites for hydroxylation is 1. The van der Waals surface area contributed by atoms with E-state index in [0.29, 0.717) is 17.4 Å². The van der Waals surface area contributed by atoms with Crippen molar-refractivity contribution >= 4 is 16.8 Å². The highest BCUT2D eigenvalue weighted by Crippen LogP contribution is 2.37. The number of nitrogens with one attached hydrogen (secondary N) is 1. The number of benzene rings is 1. The summed E-state index contributed by atoms with van der Waals surface area (Å²) in [6.45, 7) is 1.65. The first kappa shape index (κ1) is 24.6. The smallest absolute Gasteiger partial charge is 0.433 e. The molecule has 12 heteroatoms. The van der Waals surface area contributed by atoms with Gasteiger partial charge in [0.2, 0.25) is 5.89 Å². The normalized spacial score (nSPS) is 16.3. The molecule has 0 saturated carbocycles. The Kier molecular flexibility index (Phi) is 6.28. The van der Waals surface area contributed by atoms with E-state index in [0.717, 1.165) is 30.2 Å². The molecule has 0 aliphatic heterocycles. The lowest BCUT2D eigenvalue weighted by molar-refractivity contribution is -0.140. The van der Waals surface area contributed by atoms with Crippen molar-refractivity contribution in [2.45, 2.75) is 44.4 Å². The Morgan fingerprint density at radius 2 is 2.05 bits per heavy atom. The first-order valence-electron chi connectivity index (χ1n) is 11.6. The van der Waals surface area contributed by atoms with Gasteiger partial charge in [-0.3, -0.25) is 4.79 Å². The molecule has 1 aliphatic carbocycles. The summed E-state index contributed by atoms with van der Waals surface area (Å²) in [6.07, 6.45) is 0.905. The average molecular weight is 512 g/mol. The van der Waals surface area contributed by atoms with Crippen LogP contribution < -0.4 is 15.8 Å². The molecule has 3 aromatic heterocycles. The van der Waals surface area contributed by atoms with Crippen LogP contribution in [0.25, 0.3) is 22.4 Å². The fourth-order valence-corrected chi connectivity index (χ4v) is 4.49. The first-order chi connectivity index (χ1) is 17.7. The van der Waals surface area contributed by atoms with Crippen LogP contribution in [-0.4, -0.2) is 33.0 Å². The number of aromatic nitrogens is 4. The molecule has 9 nitrogen and oxygen atoms in total. The van der Waals surface area contributed by atoms with Crippen molar-refractivity contribution in [3.63, 3.8) is 0 Å². The Balaban J connectivity index is 1.55. The van der Waals surface area contributed by atoms with E-state index in [9.17, 15) is 18.0 Å². The maximum atomic E-state index is 13.3. The van der Waals surface area contributed by atoms with Crippen LogP contribution in [0.5, 0.6) is 5.75 Å². The van der Waals surface area contributed by atoms with E-state index in [1.165, 1.54) is 25.6 Å². The molecule has 3 heterocycles. The number of alkyl halides is 3. The summed E-state index contributed by atoms with van der Waals surface area (Å²) in [5.74, 6) is -0.157. The van der Waals surface area contributed by atoms with Crippen LogP contribution in [0.2, 0.25) is 0 Å². The second-order valence-electron chi connectivity index (χ2n) is 8.77. The molecule has 0 spiro atoms. The average Bonchev–Trinajstić information content (AvgIpc) is 3.33. The van der Waals surface area contributed by atoms with E-state index >= 15 is 0 Å². The number of hydrogen-bond donors (Lipinski definition) is 2. The minimum absolute atomic E-state index is 0.00203. The molecule has 5 rings (SSSR count). The second kappa shape index (κ2) is 9.43. The Labute approximate surface area is 209 Å². The number of ether oxygens (including phenoxy) is 1. The van der Waals surface area contributed by atoms with Gasteiger partial charge in [-0.15, -0.1) is 0 Å². The zero-order chi connectivity index (χ0) is 26.3. The number of carbonyl (C=O) groups excluding carboxylic acids is 1. The van der Waals surface area contributed by atoms with Crippen LogP contribution in [0.4, 0.5) is 13.2 Å². The van der Waals surface area contributed by atoms with Crippen molar-refractivity contribution in [3.8, 4) is 17.2 Å². The van der Waals surface area contributed by atoms with Crippen molar-refractivity contribution in [2.24, 2.45) is 5.73 Å². The van der Waals surface area contributed by atoms with E-state index in [2.05, 4.69) is 25.3 Å². The third-order valence-corrected chi connectivity index (χ3v) is 6.26. The number of fused-ring (bicyclic) bond motifs is 2. The Morgan fingerprint density at radius 3 is 2.78 bits per heavy atom. The van der Waals surface area contributed by atoms with Gasteiger partial charge in [0, 0.05) is 28.4 Å². The molecule has 3 N–H and O–H groups in total. The molecule has 1 aliphatic rings. The van der Waals surface area contributed by atoms with Gasteiger partial charge in [0.25, 0.3) is 5.91 Å². The predicted molar refractivity (Wildman–Crippen MR) is 127 cm³/mol. The molecule has 0 radical (unpaired) electrons. The predicted octanol–water partition coefficient (Wildman–Crippen LogP) is 4.53. The minimum atomic E-state index is -4.63. The fraction of sp³-hybridized carbons (Fsp3) is 0.320. The van der Waals surface area contributed by atoms with Gasteiger partial charge in [0.05, 0.1) is 19.2 Å². The van der Waals surface area contributed by atoms with Crippen LogP contribution in [0.1, 0.15) is 65.0 Å². The number of methoxy groups -OCH3 is 1. The number of rotatable bonds is 5. The molecule has 192 valence electrons. The van der Waals surface area contributed by atoms with E-state index in [1.54, 1.807) is 19.2 Å². The minimum Gasteiger partial charge on any atom is -0.494 e. The monoisotopic (exact) mass is 512 g/mol. The van der Waals surface area contributed by atoms with Crippen molar-refractivity contribution in [1.82, 2.24) is 25.3 Å². The van der Waals surface area contributed by atoms with Gasteiger partial charge >= 0.3 is 6.18 Å². The van der Waals surface area contributed by atoms with Gasteiger partial charge in [0.1, 0.15) is 23.3 Å². The van der Waals surface area contributed by atoms with Crippen LogP contribution >= 0.6 is 0 Å². The van der Waals surface area contributed by atoms with Gasteiger partial charge in [-0.1, -0.05) is 0 Å². The van der Waals surface area contributed by atoms with Gasteiger partial charge in [0.15, 0.2) is 11.5 Å². The summed E-state index contributed by atoms with van der Waals surface area (Å²) in [5, 5.41) is 3.29. The van der Waals surface area contributed by atoms with Crippen LogP contribution in [-0.2, 0) is 12.6 Å². The summed E-state index contributed by atoms with van der Waals surface area (Å²) in [5.41, 5.74) is 7.09. The summed E-state index contributed by atoms with van der Waals surface area (Å²) in [6, 6.07) is 4.23. The summed E-state index contributed by atoms with van der Waals surface area (Å²) in [7, 11) is 1.34. The SMILES string of the molecule is COc1ccc(-c2nc(C(=O)NC3CCCc4ncncc43)c([C@H](C)N)o2)c2ccc(C(F)(F)F)nc12. The van der Waals surface area contributed by atoms with Crippen LogP contribution in [0, 0.1) is 0 Å². The van der Waals surface area contributed by atoms with Gasteiger partial charge in [-0.25, -0.2) is 19.9 Å². The molecule has 4 aromatic rings. The van der Waals surface area contributed by atoms with Crippen molar-refractivity contribution in [3.05, 3.63) is 65.2 Å². The number of amides is 1. The number of oxazole rings is 1. The largest absolute Gasteiger partial charge is 0.494 e. The lowest BCUT2D eigenvalue weighted by Gasteiger charge is -2.24. The second-order valence-corrected chi connectivity index (χ2v) is 8.77. The molecule has 0 saturated heterocycles. The molecule has 1 aromatic carbocycles. The Morgan fingerprint density at radius 1 is 1.24 bits per heavy atom. The van der Waals surface area contributed by atoms with E-state index in [4.69, 9.17) is 14.9 Å². The molecule has 2 atom stereocenters. The summed E-state index contributed by atoms with van der Waals surface area (Å²) >= 11 is 0. The number of carbonyl (C=O) groups is 1. The molecule has 1 unspecified atom stereocenters. The number of nitrogens with zero attached hydrogens (tertiary/aromatic N) is 4. The summed E-state index contributed by atoms with van der Waals surface area (Å²) in [4.78, 5) is 29.9. The molecule has 0 bridgehead atoms.